The van der Waals surface area contributed by atoms with E-state index in [2.05, 4.69) is 15.6 Å². The van der Waals surface area contributed by atoms with Crippen molar-refractivity contribution in [3.05, 3.63) is 24.4 Å². The molecule has 4 heteroatoms. The van der Waals surface area contributed by atoms with Crippen molar-refractivity contribution in [2.75, 3.05) is 11.9 Å². The molecule has 4 nitrogen and oxygen atoms in total. The number of nitrogens with one attached hydrogen (secondary N) is 2. The fourth-order valence-corrected chi connectivity index (χ4v) is 1.53. The molecule has 0 radical (unpaired) electrons. The number of nitrogens with zero attached hydrogens (tertiary/aromatic N) is 1. The first-order valence-corrected chi connectivity index (χ1v) is 4.79. The van der Waals surface area contributed by atoms with Crippen molar-refractivity contribution >= 4 is 11.7 Å². The molecule has 1 aromatic rings. The minimum absolute atomic E-state index is 0.151. The number of aromatic nitrogens is 1. The zero-order valence-electron chi connectivity index (χ0n) is 7.86. The summed E-state index contributed by atoms with van der Waals surface area (Å²) in [5.74, 6) is 1.01. The van der Waals surface area contributed by atoms with Gasteiger partial charge in [0.2, 0.25) is 5.91 Å². The fourth-order valence-electron chi connectivity index (χ4n) is 1.53. The molecule has 2 heterocycles. The Morgan fingerprint density at radius 1 is 1.57 bits per heavy atom. The summed E-state index contributed by atoms with van der Waals surface area (Å²) in [5.41, 5.74) is 0. The van der Waals surface area contributed by atoms with Gasteiger partial charge in [0.15, 0.2) is 0 Å². The molecule has 1 fully saturated rings. The third-order valence-corrected chi connectivity index (χ3v) is 2.28. The molecule has 1 amide bonds. The molecule has 74 valence electrons. The smallest absolute Gasteiger partial charge is 0.220 e. The quantitative estimate of drug-likeness (QED) is 0.742. The Bertz CT molecular complexity index is 312. The molecule has 1 aromatic heterocycles. The summed E-state index contributed by atoms with van der Waals surface area (Å²) >= 11 is 0. The number of hydrogen-bond acceptors (Lipinski definition) is 3. The Labute approximate surface area is 82.7 Å². The highest BCUT2D eigenvalue weighted by molar-refractivity contribution is 5.78. The van der Waals surface area contributed by atoms with Gasteiger partial charge in [-0.05, 0) is 18.6 Å². The van der Waals surface area contributed by atoms with Crippen molar-refractivity contribution in [2.24, 2.45) is 0 Å². The predicted octanol–water partition coefficient (Wildman–Crippen LogP) is 0.772. The zero-order chi connectivity index (χ0) is 9.80. The lowest BCUT2D eigenvalue weighted by atomic mass is 10.2. The number of anilines is 1. The first-order chi connectivity index (χ1) is 6.84. The van der Waals surface area contributed by atoms with Gasteiger partial charge in [-0.1, -0.05) is 6.07 Å². The van der Waals surface area contributed by atoms with E-state index in [9.17, 15) is 4.79 Å². The van der Waals surface area contributed by atoms with Crippen molar-refractivity contribution in [1.29, 1.82) is 0 Å². The highest BCUT2D eigenvalue weighted by atomic mass is 16.1. The molecular formula is C10H13N3O. The zero-order valence-corrected chi connectivity index (χ0v) is 7.86. The van der Waals surface area contributed by atoms with Crippen LogP contribution in [0.15, 0.2) is 24.4 Å². The van der Waals surface area contributed by atoms with E-state index in [4.69, 9.17) is 0 Å². The van der Waals surface area contributed by atoms with Gasteiger partial charge >= 0.3 is 0 Å². The molecular weight excluding hydrogens is 178 g/mol. The van der Waals surface area contributed by atoms with Crippen LogP contribution in [0.5, 0.6) is 0 Å². The summed E-state index contributed by atoms with van der Waals surface area (Å²) in [6, 6.07) is 5.98. The molecule has 0 bridgehead atoms. The van der Waals surface area contributed by atoms with Crippen molar-refractivity contribution in [3.8, 4) is 0 Å². The van der Waals surface area contributed by atoms with E-state index in [1.165, 1.54) is 0 Å². The van der Waals surface area contributed by atoms with Gasteiger partial charge in [0.25, 0.3) is 0 Å². The Morgan fingerprint density at radius 3 is 3.14 bits per heavy atom. The number of rotatable bonds is 3. The second kappa shape index (κ2) is 4.09. The topological polar surface area (TPSA) is 54.0 Å². The third-order valence-electron chi connectivity index (χ3n) is 2.28. The van der Waals surface area contributed by atoms with E-state index >= 15 is 0 Å². The number of carbonyl (C=O) groups is 1. The Balaban J connectivity index is 1.80. The lowest BCUT2D eigenvalue weighted by Gasteiger charge is -2.11. The maximum Gasteiger partial charge on any atom is 0.220 e. The van der Waals surface area contributed by atoms with Gasteiger partial charge in [-0.2, -0.15) is 0 Å². The molecule has 1 unspecified atom stereocenters. The monoisotopic (exact) mass is 191 g/mol. The normalized spacial score (nSPS) is 20.6. The number of carbonyl (C=O) groups excluding carboxylic acids is 1. The van der Waals surface area contributed by atoms with Gasteiger partial charge in [-0.3, -0.25) is 4.79 Å². The maximum absolute atomic E-state index is 10.9. The van der Waals surface area contributed by atoms with Crippen LogP contribution in [0.1, 0.15) is 12.8 Å². The highest BCUT2D eigenvalue weighted by Crippen LogP contribution is 2.07. The highest BCUT2D eigenvalue weighted by Gasteiger charge is 2.19. The van der Waals surface area contributed by atoms with Crippen LogP contribution < -0.4 is 10.6 Å². The van der Waals surface area contributed by atoms with Crippen molar-refractivity contribution < 1.29 is 4.79 Å². The van der Waals surface area contributed by atoms with Crippen LogP contribution in [0.25, 0.3) is 0 Å². The Morgan fingerprint density at radius 2 is 2.50 bits per heavy atom. The average molecular weight is 191 g/mol. The van der Waals surface area contributed by atoms with Gasteiger partial charge in [0.1, 0.15) is 5.82 Å². The lowest BCUT2D eigenvalue weighted by Crippen LogP contribution is -2.31. The average Bonchev–Trinajstić information content (AvgIpc) is 2.63. The van der Waals surface area contributed by atoms with Gasteiger partial charge in [-0.15, -0.1) is 0 Å². The maximum atomic E-state index is 10.9. The number of hydrogen-bond donors (Lipinski definition) is 2. The first-order valence-electron chi connectivity index (χ1n) is 4.79. The molecule has 0 aromatic carbocycles. The predicted molar refractivity (Wildman–Crippen MR) is 53.9 cm³/mol. The molecule has 0 saturated carbocycles. The number of pyridine rings is 1. The summed E-state index contributed by atoms with van der Waals surface area (Å²) in [6.45, 7) is 0.753. The molecule has 1 aliphatic rings. The van der Waals surface area contributed by atoms with Crippen LogP contribution in [-0.4, -0.2) is 23.5 Å². The Kier molecular flexibility index (Phi) is 2.62. The van der Waals surface area contributed by atoms with Crippen molar-refractivity contribution in [2.45, 2.75) is 18.9 Å². The first kappa shape index (κ1) is 8.99. The molecule has 0 spiro atoms. The molecule has 1 atom stereocenters. The van der Waals surface area contributed by atoms with Crippen LogP contribution in [0.2, 0.25) is 0 Å². The van der Waals surface area contributed by atoms with Crippen LogP contribution in [0.3, 0.4) is 0 Å². The number of amides is 1. The minimum atomic E-state index is 0.151. The summed E-state index contributed by atoms with van der Waals surface area (Å²) in [4.78, 5) is 15.0. The van der Waals surface area contributed by atoms with Crippen LogP contribution in [0, 0.1) is 0 Å². The van der Waals surface area contributed by atoms with Crippen LogP contribution in [0.4, 0.5) is 5.82 Å². The van der Waals surface area contributed by atoms with E-state index in [0.717, 1.165) is 18.8 Å². The molecule has 0 aliphatic carbocycles. The van der Waals surface area contributed by atoms with E-state index in [1.807, 2.05) is 18.2 Å². The van der Waals surface area contributed by atoms with Gasteiger partial charge < -0.3 is 10.6 Å². The van der Waals surface area contributed by atoms with Crippen molar-refractivity contribution in [3.63, 3.8) is 0 Å². The van der Waals surface area contributed by atoms with E-state index in [-0.39, 0.29) is 11.9 Å². The molecule has 1 saturated heterocycles. The third kappa shape index (κ3) is 2.22. The van der Waals surface area contributed by atoms with Gasteiger partial charge in [-0.25, -0.2) is 4.98 Å². The van der Waals surface area contributed by atoms with Crippen LogP contribution in [-0.2, 0) is 4.79 Å². The lowest BCUT2D eigenvalue weighted by molar-refractivity contribution is -0.119. The Hall–Kier alpha value is -1.58. The molecule has 1 aliphatic heterocycles. The van der Waals surface area contributed by atoms with E-state index in [1.54, 1.807) is 6.20 Å². The fraction of sp³-hybridized carbons (Fsp3) is 0.400. The SMILES string of the molecule is O=C1CCC(CNc2ccccn2)N1. The van der Waals surface area contributed by atoms with Crippen LogP contribution >= 0.6 is 0 Å². The summed E-state index contributed by atoms with van der Waals surface area (Å²) in [7, 11) is 0. The summed E-state index contributed by atoms with van der Waals surface area (Å²) < 4.78 is 0. The minimum Gasteiger partial charge on any atom is -0.368 e. The molecule has 14 heavy (non-hydrogen) atoms. The second-order valence-electron chi connectivity index (χ2n) is 3.40. The molecule has 2 N–H and O–H groups in total. The van der Waals surface area contributed by atoms with Gasteiger partial charge in [0, 0.05) is 25.2 Å². The molecule has 2 rings (SSSR count). The summed E-state index contributed by atoms with van der Waals surface area (Å²) in [5, 5.41) is 6.08. The largest absolute Gasteiger partial charge is 0.368 e. The van der Waals surface area contributed by atoms with Gasteiger partial charge in [0.05, 0.1) is 0 Å². The second-order valence-corrected chi connectivity index (χ2v) is 3.40. The van der Waals surface area contributed by atoms with Crippen molar-refractivity contribution in [1.82, 2.24) is 10.3 Å². The standard InChI is InChI=1S/C10H13N3O/c14-10-5-4-8(13-10)7-12-9-3-1-2-6-11-9/h1-3,6,8H,4-5,7H2,(H,11,12)(H,13,14). The summed E-state index contributed by atoms with van der Waals surface area (Å²) in [6.07, 6.45) is 3.31. The van der Waals surface area contributed by atoms with E-state index < -0.39 is 0 Å². The van der Waals surface area contributed by atoms with E-state index in [0.29, 0.717) is 6.42 Å².